The summed E-state index contributed by atoms with van der Waals surface area (Å²) in [4.78, 5) is 48.8. The first kappa shape index (κ1) is 23.9. The van der Waals surface area contributed by atoms with Crippen molar-refractivity contribution < 1.29 is 27.9 Å². The molecule has 0 aromatic heterocycles. The van der Waals surface area contributed by atoms with E-state index in [0.29, 0.717) is 0 Å². The monoisotopic (exact) mass is 498 g/mol. The van der Waals surface area contributed by atoms with Gasteiger partial charge < -0.3 is 0 Å². The Hall–Kier alpha value is -4.23. The lowest BCUT2D eigenvalue weighted by Crippen LogP contribution is -2.40. The SMILES string of the molecule is CCN(CC)S(=O)(=O)c1ccc(N2C(=O)c3ccc([N+](=O)[O-])c4c([N+](=O)[O-])ccc(c34)C2=O)cc1. The summed E-state index contributed by atoms with van der Waals surface area (Å²) in [5.41, 5.74) is -1.36. The van der Waals surface area contributed by atoms with Gasteiger partial charge in [-0.05, 0) is 36.4 Å². The van der Waals surface area contributed by atoms with Crippen LogP contribution in [0, 0.1) is 20.2 Å². The summed E-state index contributed by atoms with van der Waals surface area (Å²) >= 11 is 0. The summed E-state index contributed by atoms with van der Waals surface area (Å²) in [6.07, 6.45) is 0. The van der Waals surface area contributed by atoms with Gasteiger partial charge in [0.1, 0.15) is 5.39 Å². The molecule has 1 aliphatic rings. The Morgan fingerprint density at radius 3 is 1.63 bits per heavy atom. The van der Waals surface area contributed by atoms with Crippen LogP contribution in [-0.2, 0) is 10.0 Å². The van der Waals surface area contributed by atoms with Gasteiger partial charge in [0.25, 0.3) is 23.2 Å². The molecule has 0 saturated carbocycles. The van der Waals surface area contributed by atoms with Gasteiger partial charge in [0.15, 0.2) is 0 Å². The lowest BCUT2D eigenvalue weighted by atomic mass is 9.91. The van der Waals surface area contributed by atoms with E-state index in [2.05, 4.69) is 0 Å². The van der Waals surface area contributed by atoms with Gasteiger partial charge in [-0.2, -0.15) is 4.31 Å². The molecule has 13 heteroatoms. The highest BCUT2D eigenvalue weighted by Gasteiger charge is 2.38. The normalized spacial score (nSPS) is 13.5. The highest BCUT2D eigenvalue weighted by molar-refractivity contribution is 7.89. The minimum Gasteiger partial charge on any atom is -0.268 e. The molecule has 2 amide bonds. The molecule has 0 aliphatic carbocycles. The number of anilines is 1. The van der Waals surface area contributed by atoms with Crippen molar-refractivity contribution in [3.05, 3.63) is 79.9 Å². The Kier molecular flexibility index (Phi) is 5.82. The van der Waals surface area contributed by atoms with E-state index in [1.807, 2.05) is 0 Å². The smallest absolute Gasteiger partial charge is 0.268 e. The first-order valence-electron chi connectivity index (χ1n) is 10.4. The molecule has 0 unspecified atom stereocenters. The van der Waals surface area contributed by atoms with Gasteiger partial charge in [0.2, 0.25) is 10.0 Å². The molecule has 0 saturated heterocycles. The van der Waals surface area contributed by atoms with E-state index < -0.39 is 48.4 Å². The molecule has 3 aromatic rings. The molecule has 180 valence electrons. The van der Waals surface area contributed by atoms with Crippen LogP contribution in [0.25, 0.3) is 10.8 Å². The maximum atomic E-state index is 13.3. The minimum absolute atomic E-state index is 0.0180. The molecular weight excluding hydrogens is 480 g/mol. The number of carbonyl (C=O) groups is 2. The highest BCUT2D eigenvalue weighted by atomic mass is 32.2. The van der Waals surface area contributed by atoms with Crippen molar-refractivity contribution in [1.82, 2.24) is 4.31 Å². The molecule has 12 nitrogen and oxygen atoms in total. The van der Waals surface area contributed by atoms with E-state index in [4.69, 9.17) is 0 Å². The number of rotatable bonds is 7. The Balaban J connectivity index is 1.86. The summed E-state index contributed by atoms with van der Waals surface area (Å²) in [5, 5.41) is 22.5. The van der Waals surface area contributed by atoms with Crippen LogP contribution in [0.2, 0.25) is 0 Å². The first-order chi connectivity index (χ1) is 16.5. The lowest BCUT2D eigenvalue weighted by molar-refractivity contribution is -0.390. The zero-order chi connectivity index (χ0) is 25.7. The maximum Gasteiger partial charge on any atom is 0.284 e. The van der Waals surface area contributed by atoms with Crippen molar-refractivity contribution >= 4 is 49.7 Å². The van der Waals surface area contributed by atoms with Crippen LogP contribution in [0.5, 0.6) is 0 Å². The number of benzene rings is 3. The second-order valence-corrected chi connectivity index (χ2v) is 9.50. The second-order valence-electron chi connectivity index (χ2n) is 7.56. The molecule has 0 atom stereocenters. The molecular formula is C22H18N4O8S. The molecule has 0 bridgehead atoms. The number of hydrogen-bond acceptors (Lipinski definition) is 8. The van der Waals surface area contributed by atoms with Crippen molar-refractivity contribution in [2.75, 3.05) is 18.0 Å². The third-order valence-electron chi connectivity index (χ3n) is 5.82. The lowest BCUT2D eigenvalue weighted by Gasteiger charge is -2.27. The van der Waals surface area contributed by atoms with Crippen LogP contribution in [0.15, 0.2) is 53.4 Å². The van der Waals surface area contributed by atoms with E-state index in [-0.39, 0.29) is 40.2 Å². The van der Waals surface area contributed by atoms with E-state index in [1.165, 1.54) is 28.6 Å². The van der Waals surface area contributed by atoms with E-state index in [9.17, 15) is 38.2 Å². The van der Waals surface area contributed by atoms with Crippen LogP contribution >= 0.6 is 0 Å². The highest BCUT2D eigenvalue weighted by Crippen LogP contribution is 2.41. The predicted octanol–water partition coefficient (Wildman–Crippen LogP) is 3.49. The van der Waals surface area contributed by atoms with Crippen molar-refractivity contribution in [3.63, 3.8) is 0 Å². The summed E-state index contributed by atoms with van der Waals surface area (Å²) in [7, 11) is -3.77. The van der Waals surface area contributed by atoms with Gasteiger partial charge >= 0.3 is 0 Å². The van der Waals surface area contributed by atoms with Crippen LogP contribution in [-0.4, -0.2) is 47.5 Å². The molecule has 0 N–H and O–H groups in total. The average Bonchev–Trinajstić information content (AvgIpc) is 2.82. The molecule has 0 fully saturated rings. The number of non-ortho nitro benzene ring substituents is 2. The van der Waals surface area contributed by atoms with Gasteiger partial charge in [-0.3, -0.25) is 29.8 Å². The van der Waals surface area contributed by atoms with Gasteiger partial charge in [-0.15, -0.1) is 0 Å². The largest absolute Gasteiger partial charge is 0.284 e. The van der Waals surface area contributed by atoms with Crippen molar-refractivity contribution in [2.45, 2.75) is 18.7 Å². The van der Waals surface area contributed by atoms with Crippen molar-refractivity contribution in [1.29, 1.82) is 0 Å². The Morgan fingerprint density at radius 1 is 0.771 bits per heavy atom. The van der Waals surface area contributed by atoms with Crippen LogP contribution in [0.4, 0.5) is 17.1 Å². The molecule has 1 heterocycles. The quantitative estimate of drug-likeness (QED) is 0.272. The number of imide groups is 1. The molecule has 4 rings (SSSR count). The number of nitrogens with zero attached hydrogens (tertiary/aromatic N) is 4. The van der Waals surface area contributed by atoms with Crippen molar-refractivity contribution in [3.8, 4) is 0 Å². The number of nitro groups is 2. The molecule has 35 heavy (non-hydrogen) atoms. The van der Waals surface area contributed by atoms with Gasteiger partial charge in [0.05, 0.1) is 20.4 Å². The molecule has 0 spiro atoms. The van der Waals surface area contributed by atoms with Crippen LogP contribution < -0.4 is 4.90 Å². The number of sulfonamides is 1. The third kappa shape index (κ3) is 3.61. The average molecular weight is 498 g/mol. The predicted molar refractivity (Wildman–Crippen MR) is 125 cm³/mol. The van der Waals surface area contributed by atoms with Gasteiger partial charge in [-0.1, -0.05) is 13.8 Å². The fraction of sp³-hybridized carbons (Fsp3) is 0.182. The Labute approximate surface area is 198 Å². The van der Waals surface area contributed by atoms with Gasteiger partial charge in [0, 0.05) is 41.7 Å². The maximum absolute atomic E-state index is 13.3. The number of nitro benzene ring substituents is 2. The third-order valence-corrected chi connectivity index (χ3v) is 7.88. The summed E-state index contributed by atoms with van der Waals surface area (Å²) in [5.74, 6) is -1.69. The summed E-state index contributed by atoms with van der Waals surface area (Å²) in [6, 6.07) is 9.44. The number of carbonyl (C=O) groups excluding carboxylic acids is 2. The Morgan fingerprint density at radius 2 is 1.23 bits per heavy atom. The summed E-state index contributed by atoms with van der Waals surface area (Å²) in [6.45, 7) is 3.94. The minimum atomic E-state index is -3.77. The van der Waals surface area contributed by atoms with E-state index in [0.717, 1.165) is 29.2 Å². The van der Waals surface area contributed by atoms with Crippen LogP contribution in [0.3, 0.4) is 0 Å². The van der Waals surface area contributed by atoms with E-state index >= 15 is 0 Å². The van der Waals surface area contributed by atoms with Gasteiger partial charge in [-0.25, -0.2) is 13.3 Å². The first-order valence-corrected chi connectivity index (χ1v) is 11.9. The number of amides is 2. The number of hydrogen-bond donors (Lipinski definition) is 0. The fourth-order valence-corrected chi connectivity index (χ4v) is 5.63. The van der Waals surface area contributed by atoms with Crippen LogP contribution in [0.1, 0.15) is 34.6 Å². The zero-order valence-corrected chi connectivity index (χ0v) is 19.3. The summed E-state index contributed by atoms with van der Waals surface area (Å²) < 4.78 is 26.7. The molecule has 1 aliphatic heterocycles. The van der Waals surface area contributed by atoms with Crippen molar-refractivity contribution in [2.24, 2.45) is 0 Å². The second kappa shape index (κ2) is 8.52. The molecule has 0 radical (unpaired) electrons. The fourth-order valence-electron chi connectivity index (χ4n) is 4.17. The van der Waals surface area contributed by atoms with E-state index in [1.54, 1.807) is 13.8 Å². The molecule has 3 aromatic carbocycles. The Bertz CT molecular complexity index is 1460. The standard InChI is InChI=1S/C22H18N4O8S/c1-3-23(4-2)35(33,34)14-7-5-13(6-8-14)24-21(27)15-9-11-17(25(29)30)20-18(26(31)32)12-10-16(19(15)20)22(24)28/h5-12H,3-4H2,1-2H3. The zero-order valence-electron chi connectivity index (χ0n) is 18.5. The topological polar surface area (TPSA) is 161 Å².